The van der Waals surface area contributed by atoms with Crippen molar-refractivity contribution in [3.05, 3.63) is 64.1 Å². The maximum atomic E-state index is 13.1. The van der Waals surface area contributed by atoms with E-state index < -0.39 is 12.0 Å². The van der Waals surface area contributed by atoms with E-state index in [-0.39, 0.29) is 19.2 Å². The van der Waals surface area contributed by atoms with Gasteiger partial charge in [0.05, 0.1) is 43.8 Å². The van der Waals surface area contributed by atoms with Gasteiger partial charge in [0.15, 0.2) is 0 Å². The summed E-state index contributed by atoms with van der Waals surface area (Å²) in [6.07, 6.45) is 1.71. The molecule has 1 atom stereocenters. The van der Waals surface area contributed by atoms with E-state index in [0.717, 1.165) is 16.9 Å². The van der Waals surface area contributed by atoms with Gasteiger partial charge in [-0.15, -0.1) is 0 Å². The van der Waals surface area contributed by atoms with Crippen LogP contribution < -0.4 is 14.8 Å². The first-order valence-electron chi connectivity index (χ1n) is 9.56. The van der Waals surface area contributed by atoms with Crippen LogP contribution in [0.2, 0.25) is 0 Å². The van der Waals surface area contributed by atoms with Gasteiger partial charge in [0.2, 0.25) is 0 Å². The molecule has 1 aromatic heterocycles. The van der Waals surface area contributed by atoms with Gasteiger partial charge < -0.3 is 19.5 Å². The lowest BCUT2D eigenvalue weighted by atomic mass is 9.95. The number of aromatic nitrogens is 1. The zero-order chi connectivity index (χ0) is 21.4. The summed E-state index contributed by atoms with van der Waals surface area (Å²) in [5.41, 5.74) is 4.11. The zero-order valence-corrected chi connectivity index (χ0v) is 17.3. The molecule has 30 heavy (non-hydrogen) atoms. The molecule has 156 valence electrons. The first-order valence-corrected chi connectivity index (χ1v) is 9.56. The lowest BCUT2D eigenvalue weighted by Crippen LogP contribution is -2.47. The smallest absolute Gasteiger partial charge is 0.338 e. The van der Waals surface area contributed by atoms with Crippen LogP contribution in [0.4, 0.5) is 4.79 Å². The van der Waals surface area contributed by atoms with E-state index in [9.17, 15) is 9.59 Å². The summed E-state index contributed by atoms with van der Waals surface area (Å²) < 4.78 is 16.2. The van der Waals surface area contributed by atoms with E-state index in [4.69, 9.17) is 14.2 Å². The van der Waals surface area contributed by atoms with E-state index >= 15 is 0 Å². The van der Waals surface area contributed by atoms with Crippen LogP contribution in [-0.2, 0) is 16.1 Å². The molecule has 2 amide bonds. The minimum atomic E-state index is -0.642. The van der Waals surface area contributed by atoms with Gasteiger partial charge >= 0.3 is 12.0 Å². The standard InChI is InChI=1S/C22H23N3O5/c1-12-9-23-15(13(2)20(12)29-4)10-25-16-11-30-21(26)18(16)19(24-22(25)27)14-7-5-6-8-17(14)28-3/h5-9,19H,10-11H2,1-4H3,(H,24,27)/t19-/m0/s1. The van der Waals surface area contributed by atoms with Gasteiger partial charge in [-0.1, -0.05) is 18.2 Å². The number of ether oxygens (including phenoxy) is 3. The predicted octanol–water partition coefficient (Wildman–Crippen LogP) is 2.79. The van der Waals surface area contributed by atoms with Crippen molar-refractivity contribution in [2.75, 3.05) is 20.8 Å². The first-order chi connectivity index (χ1) is 14.5. The number of benzene rings is 1. The average Bonchev–Trinajstić information content (AvgIpc) is 3.13. The predicted molar refractivity (Wildman–Crippen MR) is 108 cm³/mol. The molecule has 8 nitrogen and oxygen atoms in total. The monoisotopic (exact) mass is 409 g/mol. The molecular formula is C22H23N3O5. The Bertz CT molecular complexity index is 1060. The molecule has 8 heteroatoms. The number of aryl methyl sites for hydroxylation is 1. The molecule has 3 heterocycles. The first kappa shape index (κ1) is 19.8. The van der Waals surface area contributed by atoms with Crippen molar-refractivity contribution in [1.29, 1.82) is 0 Å². The van der Waals surface area contributed by atoms with Gasteiger partial charge in [0, 0.05) is 22.9 Å². The number of para-hydroxylation sites is 1. The third-order valence-electron chi connectivity index (χ3n) is 5.51. The Hall–Kier alpha value is -3.55. The molecule has 0 bridgehead atoms. The van der Waals surface area contributed by atoms with Crippen molar-refractivity contribution in [3.8, 4) is 11.5 Å². The maximum absolute atomic E-state index is 13.1. The number of methoxy groups -OCH3 is 2. The number of carbonyl (C=O) groups excluding carboxylic acids is 2. The third-order valence-corrected chi connectivity index (χ3v) is 5.51. The van der Waals surface area contributed by atoms with E-state index in [2.05, 4.69) is 10.3 Å². The number of urea groups is 1. The molecule has 0 fully saturated rings. The summed E-state index contributed by atoms with van der Waals surface area (Å²) >= 11 is 0. The quantitative estimate of drug-likeness (QED) is 0.764. The highest BCUT2D eigenvalue weighted by Gasteiger charge is 2.43. The van der Waals surface area contributed by atoms with Gasteiger partial charge in [0.25, 0.3) is 0 Å². The summed E-state index contributed by atoms with van der Waals surface area (Å²) in [5.74, 6) is 0.873. The fourth-order valence-electron chi connectivity index (χ4n) is 4.00. The molecule has 1 aromatic carbocycles. The van der Waals surface area contributed by atoms with Gasteiger partial charge in [-0.25, -0.2) is 9.59 Å². The number of carbonyl (C=O) groups is 2. The number of amides is 2. The van der Waals surface area contributed by atoms with Gasteiger partial charge in [0.1, 0.15) is 18.1 Å². The number of rotatable bonds is 5. The Morgan fingerprint density at radius 3 is 2.70 bits per heavy atom. The lowest BCUT2D eigenvalue weighted by Gasteiger charge is -2.33. The van der Waals surface area contributed by atoms with E-state index in [1.54, 1.807) is 26.5 Å². The van der Waals surface area contributed by atoms with Crippen molar-refractivity contribution in [1.82, 2.24) is 15.2 Å². The van der Waals surface area contributed by atoms with Crippen LogP contribution in [0.25, 0.3) is 0 Å². The maximum Gasteiger partial charge on any atom is 0.338 e. The number of nitrogens with zero attached hydrogens (tertiary/aromatic N) is 2. The SMILES string of the molecule is COc1ccccc1[C@@H]1NC(=O)N(Cc2ncc(C)c(OC)c2C)C2=C1C(=O)OC2. The van der Waals surface area contributed by atoms with Crippen molar-refractivity contribution >= 4 is 12.0 Å². The Morgan fingerprint density at radius 1 is 1.20 bits per heavy atom. The van der Waals surface area contributed by atoms with Crippen LogP contribution in [0.3, 0.4) is 0 Å². The normalized spacial score (nSPS) is 18.1. The minimum absolute atomic E-state index is 0.0370. The molecule has 0 aliphatic carbocycles. The van der Waals surface area contributed by atoms with Crippen LogP contribution in [0.15, 0.2) is 41.7 Å². The van der Waals surface area contributed by atoms with Crippen LogP contribution in [0.1, 0.15) is 28.4 Å². The topological polar surface area (TPSA) is 90.0 Å². The fourth-order valence-corrected chi connectivity index (χ4v) is 4.00. The molecule has 0 saturated carbocycles. The largest absolute Gasteiger partial charge is 0.496 e. The average molecular weight is 409 g/mol. The van der Waals surface area contributed by atoms with Crippen LogP contribution >= 0.6 is 0 Å². The summed E-state index contributed by atoms with van der Waals surface area (Å²) in [6.45, 7) is 4.05. The molecule has 2 aliphatic heterocycles. The van der Waals surface area contributed by atoms with Crippen molar-refractivity contribution in [2.45, 2.75) is 26.4 Å². The number of nitrogens with one attached hydrogen (secondary N) is 1. The third kappa shape index (κ3) is 3.14. The summed E-state index contributed by atoms with van der Waals surface area (Å²) in [6, 6.07) is 6.32. The van der Waals surface area contributed by atoms with Crippen LogP contribution in [0.5, 0.6) is 11.5 Å². The molecule has 2 aliphatic rings. The summed E-state index contributed by atoms with van der Waals surface area (Å²) in [4.78, 5) is 31.6. The second-order valence-electron chi connectivity index (χ2n) is 7.19. The van der Waals surface area contributed by atoms with Gasteiger partial charge in [-0.3, -0.25) is 9.88 Å². The summed E-state index contributed by atoms with van der Waals surface area (Å²) in [7, 11) is 3.16. The summed E-state index contributed by atoms with van der Waals surface area (Å²) in [5, 5.41) is 2.93. The molecule has 0 radical (unpaired) electrons. The second kappa shape index (κ2) is 7.70. The second-order valence-corrected chi connectivity index (χ2v) is 7.19. The highest BCUT2D eigenvalue weighted by atomic mass is 16.5. The van der Waals surface area contributed by atoms with Crippen molar-refractivity contribution in [2.24, 2.45) is 0 Å². The van der Waals surface area contributed by atoms with Crippen molar-refractivity contribution in [3.63, 3.8) is 0 Å². The van der Waals surface area contributed by atoms with Gasteiger partial charge in [-0.05, 0) is 19.9 Å². The molecule has 0 saturated heterocycles. The molecule has 0 unspecified atom stereocenters. The Balaban J connectivity index is 1.76. The number of pyridine rings is 1. The van der Waals surface area contributed by atoms with Crippen LogP contribution in [-0.4, -0.2) is 42.7 Å². The van der Waals surface area contributed by atoms with E-state index in [0.29, 0.717) is 28.3 Å². The minimum Gasteiger partial charge on any atom is -0.496 e. The molecule has 1 N–H and O–H groups in total. The van der Waals surface area contributed by atoms with Gasteiger partial charge in [-0.2, -0.15) is 0 Å². The van der Waals surface area contributed by atoms with Crippen LogP contribution in [0, 0.1) is 13.8 Å². The molecule has 2 aromatic rings. The number of hydrogen-bond donors (Lipinski definition) is 1. The van der Waals surface area contributed by atoms with Crippen molar-refractivity contribution < 1.29 is 23.8 Å². The Kier molecular flexibility index (Phi) is 5.07. The van der Waals surface area contributed by atoms with E-state index in [1.165, 1.54) is 4.90 Å². The molecule has 4 rings (SSSR count). The molecular weight excluding hydrogens is 386 g/mol. The number of esters is 1. The Morgan fingerprint density at radius 2 is 1.97 bits per heavy atom. The number of hydrogen-bond acceptors (Lipinski definition) is 6. The lowest BCUT2D eigenvalue weighted by molar-refractivity contribution is -0.136. The zero-order valence-electron chi connectivity index (χ0n) is 17.3. The van der Waals surface area contributed by atoms with E-state index in [1.807, 2.05) is 32.0 Å². The highest BCUT2D eigenvalue weighted by molar-refractivity contribution is 5.97. The molecule has 0 spiro atoms. The Labute approximate surface area is 174 Å². The highest BCUT2D eigenvalue weighted by Crippen LogP contribution is 2.39. The fraction of sp³-hybridized carbons (Fsp3) is 0.318. The number of cyclic esters (lactones) is 1.